The summed E-state index contributed by atoms with van der Waals surface area (Å²) >= 11 is -5.38. The second-order valence-corrected chi connectivity index (χ2v) is 3.17. The molecule has 0 atom stereocenters. The van der Waals surface area contributed by atoms with Crippen LogP contribution in [0.1, 0.15) is 0 Å². The van der Waals surface area contributed by atoms with E-state index >= 15 is 0 Å². The van der Waals surface area contributed by atoms with Gasteiger partial charge in [-0.15, -0.1) is 0 Å². The Labute approximate surface area is 56.5 Å². The van der Waals surface area contributed by atoms with Crippen LogP contribution in [-0.2, 0) is 29.0 Å². The summed E-state index contributed by atoms with van der Waals surface area (Å²) in [5.41, 5.74) is 0. The zero-order valence-electron chi connectivity index (χ0n) is 4.25. The molecule has 0 aliphatic carbocycles. The molecule has 0 aliphatic heterocycles. The van der Waals surface area contributed by atoms with E-state index in [-0.39, 0.29) is 0 Å². The zero-order chi connectivity index (χ0) is 9.00. The van der Waals surface area contributed by atoms with Crippen LogP contribution < -0.4 is 0 Å². The topological polar surface area (TPSA) is 149 Å². The van der Waals surface area contributed by atoms with Crippen molar-refractivity contribution in [3.05, 3.63) is 0 Å². The van der Waals surface area contributed by atoms with Gasteiger partial charge in [0.2, 0.25) is 0 Å². The molecule has 10 heavy (non-hydrogen) atoms. The van der Waals surface area contributed by atoms with E-state index in [4.69, 9.17) is 34.9 Å². The first-order valence-electron chi connectivity index (χ1n) is 1.41. The van der Waals surface area contributed by atoms with Crippen molar-refractivity contribution >= 4 is 7.82 Å². The molecule has 0 amide bonds. The molecule has 0 aromatic heterocycles. The van der Waals surface area contributed by atoms with Crippen molar-refractivity contribution in [2.24, 2.45) is 0 Å². The molecule has 8 nitrogen and oxygen atoms in total. The van der Waals surface area contributed by atoms with Crippen LogP contribution in [0.3, 0.4) is 0 Å². The van der Waals surface area contributed by atoms with Gasteiger partial charge in [0.1, 0.15) is 0 Å². The van der Waals surface area contributed by atoms with Crippen molar-refractivity contribution in [1.29, 1.82) is 0 Å². The first-order valence-corrected chi connectivity index (χ1v) is 4.95. The fourth-order valence-corrected chi connectivity index (χ4v) is 0. The first-order chi connectivity index (χ1) is 4.00. The molecule has 0 spiro atoms. The minimum atomic E-state index is -5.38. The third-order valence-electron chi connectivity index (χ3n) is 0. The van der Waals surface area contributed by atoms with Crippen LogP contribution in [0.4, 0.5) is 0 Å². The van der Waals surface area contributed by atoms with Gasteiger partial charge in [0.15, 0.2) is 0 Å². The number of hydrogen-bond donors (Lipinski definition) is 4. The Morgan fingerprint density at radius 2 is 1.00 bits per heavy atom. The third kappa shape index (κ3) is 3530000. The fourth-order valence-electron chi connectivity index (χ4n) is 0. The molecule has 0 bridgehead atoms. The van der Waals surface area contributed by atoms with Gasteiger partial charge >= 0.3 is 36.5 Å². The quantitative estimate of drug-likeness (QED) is 0.273. The predicted molar refractivity (Wildman–Crippen MR) is 18.5 cm³/mol. The molecular weight excluding hydrogens is 214 g/mol. The van der Waals surface area contributed by atoms with Crippen molar-refractivity contribution in [2.45, 2.75) is 0 Å². The molecule has 0 saturated carbocycles. The molecule has 0 rings (SSSR count). The van der Waals surface area contributed by atoms with Crippen molar-refractivity contribution in [3.8, 4) is 0 Å². The SMILES string of the molecule is O=P(O)(O)O.[O]=[Mn](=[O])(=[O])[OH]. The zero-order valence-corrected chi connectivity index (χ0v) is 6.32. The minimum absolute atomic E-state index is 4.64. The Balaban J connectivity index is 0. The summed E-state index contributed by atoms with van der Waals surface area (Å²) in [6.45, 7) is 0. The molecule has 0 fully saturated rings. The van der Waals surface area contributed by atoms with E-state index in [1.165, 1.54) is 0 Å². The molecule has 64 valence electrons. The summed E-state index contributed by atoms with van der Waals surface area (Å²) in [6.07, 6.45) is 0. The van der Waals surface area contributed by atoms with E-state index in [0.717, 1.165) is 0 Å². The molecule has 0 radical (unpaired) electrons. The number of rotatable bonds is 0. The molecular formula is H4MnO8P. The number of phosphoric acid groups is 1. The van der Waals surface area contributed by atoms with Gasteiger partial charge in [0, 0.05) is 0 Å². The van der Waals surface area contributed by atoms with Crippen LogP contribution in [0.5, 0.6) is 0 Å². The molecule has 0 aliphatic rings. The summed E-state index contributed by atoms with van der Waals surface area (Å²) in [7, 11) is -4.64. The average molecular weight is 218 g/mol. The Bertz CT molecular complexity index is 233. The van der Waals surface area contributed by atoms with Gasteiger partial charge < -0.3 is 14.7 Å². The molecule has 10 heteroatoms. The first kappa shape index (κ1) is 12.6. The van der Waals surface area contributed by atoms with Crippen LogP contribution in [0, 0.1) is 0 Å². The van der Waals surface area contributed by atoms with Crippen molar-refractivity contribution in [1.82, 2.24) is 0 Å². The van der Waals surface area contributed by atoms with E-state index in [1.54, 1.807) is 0 Å². The number of hydrogen-bond acceptors (Lipinski definition) is 4. The van der Waals surface area contributed by atoms with E-state index in [1.807, 2.05) is 0 Å². The van der Waals surface area contributed by atoms with Gasteiger partial charge in [0.25, 0.3) is 0 Å². The molecule has 4 N–H and O–H groups in total. The van der Waals surface area contributed by atoms with Crippen LogP contribution in [-0.4, -0.2) is 18.9 Å². The molecule has 0 aromatic rings. The Kier molecular flexibility index (Phi) is 5.05. The van der Waals surface area contributed by atoms with E-state index in [2.05, 4.69) is 0 Å². The molecule has 0 aromatic carbocycles. The Morgan fingerprint density at radius 1 is 1.00 bits per heavy atom. The van der Waals surface area contributed by atoms with Crippen LogP contribution in [0.2, 0.25) is 0 Å². The van der Waals surface area contributed by atoms with Crippen molar-refractivity contribution in [3.63, 3.8) is 0 Å². The molecule has 0 unspecified atom stereocenters. The predicted octanol–water partition coefficient (Wildman–Crippen LogP) is -1.84. The Hall–Kier alpha value is -0.0105. The van der Waals surface area contributed by atoms with E-state index in [9.17, 15) is 0 Å². The second kappa shape index (κ2) is 3.99. The summed E-state index contributed by atoms with van der Waals surface area (Å²) < 4.78 is 41.9. The normalized spacial score (nSPS) is 11.6. The summed E-state index contributed by atoms with van der Waals surface area (Å²) in [4.78, 5) is 21.6. The van der Waals surface area contributed by atoms with E-state index in [0.29, 0.717) is 0 Å². The summed E-state index contributed by atoms with van der Waals surface area (Å²) in [6, 6.07) is 0. The van der Waals surface area contributed by atoms with Gasteiger partial charge in [0.05, 0.1) is 0 Å². The summed E-state index contributed by atoms with van der Waals surface area (Å²) in [5, 5.41) is 0. The molecule has 0 heterocycles. The third-order valence-corrected chi connectivity index (χ3v) is 0. The maximum absolute atomic E-state index is 8.88. The van der Waals surface area contributed by atoms with Gasteiger partial charge in [-0.05, 0) is 0 Å². The van der Waals surface area contributed by atoms with Crippen LogP contribution in [0.15, 0.2) is 0 Å². The van der Waals surface area contributed by atoms with Gasteiger partial charge in [-0.1, -0.05) is 0 Å². The fraction of sp³-hybridized carbons (Fsp3) is 0. The van der Waals surface area contributed by atoms with Crippen LogP contribution >= 0.6 is 7.82 Å². The van der Waals surface area contributed by atoms with Gasteiger partial charge in [-0.2, -0.15) is 0 Å². The van der Waals surface area contributed by atoms with Crippen molar-refractivity contribution in [2.75, 3.05) is 0 Å². The Morgan fingerprint density at radius 3 is 1.00 bits per heavy atom. The van der Waals surface area contributed by atoms with E-state index < -0.39 is 20.8 Å². The average Bonchev–Trinajstić information content (AvgIpc) is 1.12. The van der Waals surface area contributed by atoms with Crippen LogP contribution in [0.25, 0.3) is 0 Å². The van der Waals surface area contributed by atoms with Crippen molar-refractivity contribution < 1.29 is 47.9 Å². The molecule has 0 saturated heterocycles. The van der Waals surface area contributed by atoms with Gasteiger partial charge in [-0.3, -0.25) is 0 Å². The van der Waals surface area contributed by atoms with Gasteiger partial charge in [-0.25, -0.2) is 4.57 Å². The standard InChI is InChI=1S/Mn.H3O4P.H2O.3O/c;1-5(2,3)4;;;;/h;(H3,1,2,3,4);1H2;;;/q+1;;;;;/p-1. The monoisotopic (exact) mass is 218 g/mol. The maximum atomic E-state index is 8.88. The summed E-state index contributed by atoms with van der Waals surface area (Å²) in [5.74, 6) is 0. The second-order valence-electron chi connectivity index (χ2n) is 0.909.